The van der Waals surface area contributed by atoms with Crippen LogP contribution < -0.4 is 0 Å². The Labute approximate surface area is 307 Å². The van der Waals surface area contributed by atoms with Gasteiger partial charge in [0, 0.05) is 35.6 Å². The molecule has 0 bridgehead atoms. The van der Waals surface area contributed by atoms with Gasteiger partial charge in [-0.25, -0.2) is 19.1 Å². The minimum atomic E-state index is -2.11. The number of pyridine rings is 1. The first-order valence-electron chi connectivity index (χ1n) is 19.1. The number of hydrogen-bond acceptors (Lipinski definition) is 5. The molecule has 3 aromatic heterocycles. The molecule has 8 nitrogen and oxygen atoms in total. The van der Waals surface area contributed by atoms with Gasteiger partial charge in [0.25, 0.3) is 0 Å². The van der Waals surface area contributed by atoms with Crippen LogP contribution in [0.4, 0.5) is 9.59 Å². The van der Waals surface area contributed by atoms with Crippen LogP contribution in [0.2, 0.25) is 16.6 Å². The normalized spacial score (nSPS) is 15.2. The molecule has 0 radical (unpaired) electrons. The maximum absolute atomic E-state index is 14.3. The summed E-state index contributed by atoms with van der Waals surface area (Å²) in [7, 11) is -2.11. The highest BCUT2D eigenvalue weighted by Gasteiger charge is 2.46. The molecule has 1 aliphatic heterocycles. The predicted molar refractivity (Wildman–Crippen MR) is 213 cm³/mol. The number of carbonyl (C=O) groups excluding carboxylic acids is 2. The topological polar surface area (TPSA) is 78.6 Å². The Morgan fingerprint density at radius 1 is 0.863 bits per heavy atom. The Kier molecular flexibility index (Phi) is 10.7. The number of benzene rings is 1. The van der Waals surface area contributed by atoms with Crippen molar-refractivity contribution in [2.24, 2.45) is 0 Å². The molecule has 4 heterocycles. The van der Waals surface area contributed by atoms with Crippen LogP contribution >= 0.6 is 0 Å². The van der Waals surface area contributed by atoms with Crippen molar-refractivity contribution in [1.82, 2.24) is 18.7 Å². The zero-order valence-electron chi connectivity index (χ0n) is 33.7. The molecule has 1 aromatic carbocycles. The van der Waals surface area contributed by atoms with Crippen LogP contribution in [-0.4, -0.2) is 63.4 Å². The highest BCUT2D eigenvalue weighted by Crippen LogP contribution is 2.46. The van der Waals surface area contributed by atoms with E-state index in [1.807, 2.05) is 57.2 Å². The van der Waals surface area contributed by atoms with Crippen molar-refractivity contribution < 1.29 is 19.1 Å². The van der Waals surface area contributed by atoms with Crippen molar-refractivity contribution >= 4 is 42.4 Å². The van der Waals surface area contributed by atoms with Gasteiger partial charge in [0.2, 0.25) is 0 Å². The average molecular weight is 715 g/mol. The van der Waals surface area contributed by atoms with E-state index >= 15 is 0 Å². The molecule has 4 aromatic rings. The summed E-state index contributed by atoms with van der Waals surface area (Å²) in [5, 5.41) is 2.15. The van der Waals surface area contributed by atoms with Gasteiger partial charge in [-0.15, -0.1) is 0 Å². The molecule has 0 unspecified atom stereocenters. The van der Waals surface area contributed by atoms with Crippen molar-refractivity contribution in [2.75, 3.05) is 13.1 Å². The molecule has 0 spiro atoms. The minimum Gasteiger partial charge on any atom is -0.444 e. The SMILES string of the molecule is CCc1c(-c2c(C)cnc3c2ccn3[Si](C(C)C)(C(C)C)C(C)C)n(C(=O)OC(C)(C)C)c2ccc(C3CCN(C(=O)OC(C)(C)C)CC3)cc12. The number of rotatable bonds is 7. The van der Waals surface area contributed by atoms with Crippen LogP contribution in [0.1, 0.15) is 125 Å². The molecule has 1 aliphatic rings. The molecule has 1 saturated heterocycles. The summed E-state index contributed by atoms with van der Waals surface area (Å²) in [6, 6.07) is 8.80. The standard InChI is InChI=1S/C42H62N4O4Si/c1-15-32-34-24-31(30-18-21-44(22-19-30)39(47)49-41(9,10)11)16-17-35(34)46(40(48)50-42(12,13)14)37(32)36-29(8)25-43-38-33(36)20-23-45(38)51(26(2)3,27(4)5)28(6)7/h16-17,20,23-28,30H,15,18-19,21-22H2,1-14H3. The number of carbonyl (C=O) groups is 2. The smallest absolute Gasteiger partial charge is 0.419 e. The number of likely N-dealkylation sites (tertiary alicyclic amines) is 1. The van der Waals surface area contributed by atoms with Crippen LogP contribution in [0, 0.1) is 6.92 Å². The van der Waals surface area contributed by atoms with E-state index in [9.17, 15) is 9.59 Å². The van der Waals surface area contributed by atoms with Gasteiger partial charge in [0.05, 0.1) is 11.2 Å². The van der Waals surface area contributed by atoms with Gasteiger partial charge in [-0.1, -0.05) is 54.5 Å². The summed E-state index contributed by atoms with van der Waals surface area (Å²) in [6.45, 7) is 31.3. The quantitative estimate of drug-likeness (QED) is 0.178. The molecule has 51 heavy (non-hydrogen) atoms. The lowest BCUT2D eigenvalue weighted by atomic mass is 9.88. The van der Waals surface area contributed by atoms with Gasteiger partial charge >= 0.3 is 12.2 Å². The summed E-state index contributed by atoms with van der Waals surface area (Å²) in [5.41, 5.74) is 7.53. The molecule has 278 valence electrons. The number of fused-ring (bicyclic) bond motifs is 2. The number of nitrogens with zero attached hydrogens (tertiary/aromatic N) is 4. The maximum atomic E-state index is 14.3. The maximum Gasteiger partial charge on any atom is 0.419 e. The van der Waals surface area contributed by atoms with Crippen LogP contribution in [0.3, 0.4) is 0 Å². The molecular weight excluding hydrogens is 653 g/mol. The number of piperidine rings is 1. The van der Waals surface area contributed by atoms with Gasteiger partial charge in [0.1, 0.15) is 16.8 Å². The highest BCUT2D eigenvalue weighted by atomic mass is 28.3. The zero-order chi connectivity index (χ0) is 37.8. The van der Waals surface area contributed by atoms with E-state index in [-0.39, 0.29) is 12.2 Å². The van der Waals surface area contributed by atoms with Crippen molar-refractivity contribution in [3.63, 3.8) is 0 Å². The van der Waals surface area contributed by atoms with E-state index in [0.717, 1.165) is 63.6 Å². The first-order chi connectivity index (χ1) is 23.7. The third-order valence-electron chi connectivity index (χ3n) is 11.0. The second-order valence-corrected chi connectivity index (χ2v) is 23.3. The van der Waals surface area contributed by atoms with Crippen molar-refractivity contribution in [2.45, 2.75) is 150 Å². The summed E-state index contributed by atoms with van der Waals surface area (Å²) in [5.74, 6) is 0.302. The lowest BCUT2D eigenvalue weighted by Gasteiger charge is -2.44. The Morgan fingerprint density at radius 2 is 1.43 bits per heavy atom. The van der Waals surface area contributed by atoms with Gasteiger partial charge in [-0.2, -0.15) is 0 Å². The van der Waals surface area contributed by atoms with Crippen molar-refractivity contribution in [3.8, 4) is 11.3 Å². The fourth-order valence-corrected chi connectivity index (χ4v) is 15.7. The fraction of sp³-hybridized carbons (Fsp3) is 0.595. The number of amides is 1. The van der Waals surface area contributed by atoms with Crippen LogP contribution in [0.5, 0.6) is 0 Å². The van der Waals surface area contributed by atoms with Gasteiger partial charge < -0.3 is 18.6 Å². The fourth-order valence-electron chi connectivity index (χ4n) is 9.11. The van der Waals surface area contributed by atoms with Crippen molar-refractivity contribution in [3.05, 3.63) is 53.3 Å². The molecular formula is C42H62N4O4Si. The number of ether oxygens (including phenoxy) is 2. The molecule has 0 N–H and O–H groups in total. The first-order valence-corrected chi connectivity index (χ1v) is 21.3. The minimum absolute atomic E-state index is 0.244. The van der Waals surface area contributed by atoms with Gasteiger partial charge in [0.15, 0.2) is 8.24 Å². The summed E-state index contributed by atoms with van der Waals surface area (Å²) in [4.78, 5) is 34.1. The Hall–Kier alpha value is -3.59. The molecule has 1 amide bonds. The Balaban J connectivity index is 1.70. The van der Waals surface area contributed by atoms with Crippen LogP contribution in [0.25, 0.3) is 33.2 Å². The third-order valence-corrected chi connectivity index (χ3v) is 17.7. The van der Waals surface area contributed by atoms with Gasteiger partial charge in [-0.05, 0) is 131 Å². The predicted octanol–water partition coefficient (Wildman–Crippen LogP) is 11.5. The van der Waals surface area contributed by atoms with E-state index < -0.39 is 19.4 Å². The summed E-state index contributed by atoms with van der Waals surface area (Å²) in [6.07, 6.45) is 6.11. The lowest BCUT2D eigenvalue weighted by Crippen LogP contribution is -2.51. The van der Waals surface area contributed by atoms with Crippen LogP contribution in [-0.2, 0) is 15.9 Å². The second kappa shape index (κ2) is 14.1. The average Bonchev–Trinajstić information content (AvgIpc) is 3.58. The lowest BCUT2D eigenvalue weighted by molar-refractivity contribution is 0.0204. The largest absolute Gasteiger partial charge is 0.444 e. The zero-order valence-corrected chi connectivity index (χ0v) is 34.7. The monoisotopic (exact) mass is 714 g/mol. The van der Waals surface area contributed by atoms with Crippen LogP contribution in [0.15, 0.2) is 36.7 Å². The third kappa shape index (κ3) is 7.12. The van der Waals surface area contributed by atoms with Crippen molar-refractivity contribution in [1.29, 1.82) is 0 Å². The number of aryl methyl sites for hydroxylation is 2. The van der Waals surface area contributed by atoms with E-state index in [1.165, 1.54) is 5.56 Å². The first kappa shape index (κ1) is 38.6. The van der Waals surface area contributed by atoms with Gasteiger partial charge in [-0.3, -0.25) is 0 Å². The number of aromatic nitrogens is 3. The molecule has 9 heteroatoms. The van der Waals surface area contributed by atoms with E-state index in [2.05, 4.69) is 90.1 Å². The summed E-state index contributed by atoms with van der Waals surface area (Å²) >= 11 is 0. The van der Waals surface area contributed by atoms with E-state index in [4.69, 9.17) is 14.5 Å². The summed E-state index contributed by atoms with van der Waals surface area (Å²) < 4.78 is 16.2. The second-order valence-electron chi connectivity index (χ2n) is 17.6. The van der Waals surface area contributed by atoms with E-state index in [0.29, 0.717) is 35.6 Å². The van der Waals surface area contributed by atoms with E-state index in [1.54, 1.807) is 0 Å². The molecule has 0 atom stereocenters. The molecule has 0 saturated carbocycles. The Bertz CT molecular complexity index is 1890. The highest BCUT2D eigenvalue weighted by molar-refractivity contribution is 6.82. The molecule has 5 rings (SSSR count). The molecule has 0 aliphatic carbocycles. The Morgan fingerprint density at radius 3 is 1.96 bits per heavy atom. The number of hydrogen-bond donors (Lipinski definition) is 0. The molecule has 1 fully saturated rings.